The molecule has 0 aromatic heterocycles. The smallest absolute Gasteiger partial charge is 0.250 e. The Balaban J connectivity index is 0.000000490. The van der Waals surface area contributed by atoms with Crippen LogP contribution in [0.5, 0.6) is 0 Å². The Hall–Kier alpha value is -0.690. The second-order valence-corrected chi connectivity index (χ2v) is 1.19. The normalized spacial score (nSPS) is 15.5. The molecule has 0 aromatic carbocycles. The van der Waals surface area contributed by atoms with Crippen molar-refractivity contribution in [3.05, 3.63) is 12.2 Å². The monoisotopic (exact) mass is 131 g/mol. The standard InChI is InChI=1S/C4H3NO2.H3P/c6-3-1-2-4(7)5-3;/h1-2H,(H,5,6,7);1H3. The maximum Gasteiger partial charge on any atom is 0.250 e. The van der Waals surface area contributed by atoms with Gasteiger partial charge in [0, 0.05) is 12.2 Å². The topological polar surface area (TPSA) is 46.2 Å². The number of carbonyl (C=O) groups excluding carboxylic acids is 2. The highest BCUT2D eigenvalue weighted by atomic mass is 31.0. The third-order valence-corrected chi connectivity index (χ3v) is 0.632. The summed E-state index contributed by atoms with van der Waals surface area (Å²) in [6, 6.07) is 0. The molecular formula is C4H6NO2P. The molecule has 1 aliphatic heterocycles. The summed E-state index contributed by atoms with van der Waals surface area (Å²) in [4.78, 5) is 20.1. The van der Waals surface area contributed by atoms with Crippen LogP contribution in [0.3, 0.4) is 0 Å². The van der Waals surface area contributed by atoms with E-state index in [0.29, 0.717) is 0 Å². The van der Waals surface area contributed by atoms with Crippen LogP contribution in [0.15, 0.2) is 12.2 Å². The van der Waals surface area contributed by atoms with E-state index in [-0.39, 0.29) is 21.7 Å². The molecule has 0 aromatic rings. The van der Waals surface area contributed by atoms with Crippen LogP contribution in [0.4, 0.5) is 0 Å². The van der Waals surface area contributed by atoms with Crippen molar-refractivity contribution < 1.29 is 9.59 Å². The van der Waals surface area contributed by atoms with Gasteiger partial charge in [0.25, 0.3) is 11.8 Å². The van der Waals surface area contributed by atoms with Gasteiger partial charge < -0.3 is 0 Å². The Labute approximate surface area is 49.8 Å². The summed E-state index contributed by atoms with van der Waals surface area (Å²) in [5.74, 6) is -0.657. The lowest BCUT2D eigenvalue weighted by Gasteiger charge is -1.80. The van der Waals surface area contributed by atoms with Gasteiger partial charge in [-0.05, 0) is 0 Å². The average Bonchev–Trinajstić information content (AvgIpc) is 1.87. The van der Waals surface area contributed by atoms with Crippen molar-refractivity contribution in [1.29, 1.82) is 0 Å². The van der Waals surface area contributed by atoms with Crippen LogP contribution in [-0.4, -0.2) is 11.8 Å². The van der Waals surface area contributed by atoms with Crippen LogP contribution in [0.25, 0.3) is 0 Å². The van der Waals surface area contributed by atoms with E-state index in [1.807, 2.05) is 5.32 Å². The van der Waals surface area contributed by atoms with Crippen LogP contribution < -0.4 is 5.32 Å². The Morgan fingerprint density at radius 1 is 1.12 bits per heavy atom. The zero-order valence-corrected chi connectivity index (χ0v) is 5.59. The molecule has 1 atom stereocenters. The van der Waals surface area contributed by atoms with Crippen molar-refractivity contribution in [3.63, 3.8) is 0 Å². The summed E-state index contributed by atoms with van der Waals surface area (Å²) in [7, 11) is 0. The predicted octanol–water partition coefficient (Wildman–Crippen LogP) is -0.743. The number of amides is 2. The Bertz CT molecular complexity index is 136. The summed E-state index contributed by atoms with van der Waals surface area (Å²) in [6.07, 6.45) is 2.39. The lowest BCUT2D eigenvalue weighted by Crippen LogP contribution is -2.19. The first-order valence-electron chi connectivity index (χ1n) is 1.82. The molecule has 0 saturated heterocycles. The van der Waals surface area contributed by atoms with Gasteiger partial charge in [-0.3, -0.25) is 14.9 Å². The Kier molecular flexibility index (Phi) is 2.35. The van der Waals surface area contributed by atoms with E-state index < -0.39 is 0 Å². The quantitative estimate of drug-likeness (QED) is 0.347. The first-order valence-corrected chi connectivity index (χ1v) is 1.82. The van der Waals surface area contributed by atoms with E-state index in [9.17, 15) is 9.59 Å². The summed E-state index contributed by atoms with van der Waals surface area (Å²) in [5.41, 5.74) is 0. The molecule has 0 bridgehead atoms. The van der Waals surface area contributed by atoms with Crippen molar-refractivity contribution in [3.8, 4) is 0 Å². The van der Waals surface area contributed by atoms with Crippen LogP contribution in [0, 0.1) is 0 Å². The van der Waals surface area contributed by atoms with Gasteiger partial charge in [-0.1, -0.05) is 0 Å². The highest BCUT2D eigenvalue weighted by Crippen LogP contribution is 1.82. The van der Waals surface area contributed by atoms with E-state index in [2.05, 4.69) is 0 Å². The van der Waals surface area contributed by atoms with Crippen LogP contribution in [0.2, 0.25) is 0 Å². The first-order chi connectivity index (χ1) is 3.29. The third-order valence-electron chi connectivity index (χ3n) is 0.632. The molecule has 1 rings (SSSR count). The zero-order chi connectivity index (χ0) is 5.28. The largest absolute Gasteiger partial charge is 0.289 e. The van der Waals surface area contributed by atoms with Gasteiger partial charge in [0.1, 0.15) is 0 Å². The molecule has 4 heteroatoms. The van der Waals surface area contributed by atoms with Gasteiger partial charge >= 0.3 is 0 Å². The lowest BCUT2D eigenvalue weighted by atomic mass is 10.6. The molecule has 1 aliphatic rings. The molecule has 1 heterocycles. The van der Waals surface area contributed by atoms with E-state index in [0.717, 1.165) is 0 Å². The van der Waals surface area contributed by atoms with Gasteiger partial charge in [0.15, 0.2) is 0 Å². The molecule has 0 aliphatic carbocycles. The molecule has 0 saturated carbocycles. The molecule has 8 heavy (non-hydrogen) atoms. The van der Waals surface area contributed by atoms with E-state index in [1.165, 1.54) is 12.2 Å². The molecule has 44 valence electrons. The van der Waals surface area contributed by atoms with Crippen LogP contribution >= 0.6 is 9.90 Å². The van der Waals surface area contributed by atoms with Gasteiger partial charge in [-0.2, -0.15) is 9.90 Å². The van der Waals surface area contributed by atoms with Crippen LogP contribution in [0.1, 0.15) is 0 Å². The fraction of sp³-hybridized carbons (Fsp3) is 0. The Morgan fingerprint density at radius 2 is 1.50 bits per heavy atom. The molecule has 3 nitrogen and oxygen atoms in total. The molecule has 0 spiro atoms. The van der Waals surface area contributed by atoms with E-state index in [4.69, 9.17) is 0 Å². The van der Waals surface area contributed by atoms with Crippen molar-refractivity contribution in [1.82, 2.24) is 5.32 Å². The van der Waals surface area contributed by atoms with E-state index >= 15 is 0 Å². The highest BCUT2D eigenvalue weighted by molar-refractivity contribution is 6.92. The third kappa shape index (κ3) is 1.43. The fourth-order valence-corrected chi connectivity index (χ4v) is 0.356. The van der Waals surface area contributed by atoms with Gasteiger partial charge in [-0.15, -0.1) is 0 Å². The minimum Gasteiger partial charge on any atom is -0.289 e. The number of hydrogen-bond acceptors (Lipinski definition) is 2. The summed E-state index contributed by atoms with van der Waals surface area (Å²) >= 11 is 0. The minimum absolute atomic E-state index is 0. The maximum absolute atomic E-state index is 10.0. The van der Waals surface area contributed by atoms with Gasteiger partial charge in [0.05, 0.1) is 0 Å². The number of imide groups is 1. The number of hydrogen-bond donors (Lipinski definition) is 1. The SMILES string of the molecule is O=C1C=CC(=O)N1.P. The number of rotatable bonds is 0. The zero-order valence-electron chi connectivity index (χ0n) is 4.18. The lowest BCUT2D eigenvalue weighted by molar-refractivity contribution is -0.123. The van der Waals surface area contributed by atoms with Crippen molar-refractivity contribution in [2.45, 2.75) is 0 Å². The first kappa shape index (κ1) is 7.31. The fourth-order valence-electron chi connectivity index (χ4n) is 0.356. The van der Waals surface area contributed by atoms with Crippen molar-refractivity contribution >= 4 is 21.7 Å². The predicted molar refractivity (Wildman–Crippen MR) is 33.4 cm³/mol. The number of nitrogens with one attached hydrogen (secondary N) is 1. The second kappa shape index (κ2) is 2.58. The summed E-state index contributed by atoms with van der Waals surface area (Å²) in [5, 5.41) is 2.03. The second-order valence-electron chi connectivity index (χ2n) is 1.19. The van der Waals surface area contributed by atoms with Crippen molar-refractivity contribution in [2.24, 2.45) is 0 Å². The highest BCUT2D eigenvalue weighted by Gasteiger charge is 2.06. The summed E-state index contributed by atoms with van der Waals surface area (Å²) in [6.45, 7) is 0. The molecule has 1 unspecified atom stereocenters. The minimum atomic E-state index is -0.329. The van der Waals surface area contributed by atoms with Crippen LogP contribution in [-0.2, 0) is 9.59 Å². The maximum atomic E-state index is 10.0. The molecular weight excluding hydrogens is 125 g/mol. The molecule has 2 amide bonds. The molecule has 0 radical (unpaired) electrons. The molecule has 1 N–H and O–H groups in total. The van der Waals surface area contributed by atoms with E-state index in [1.54, 1.807) is 0 Å². The van der Waals surface area contributed by atoms with Gasteiger partial charge in [0.2, 0.25) is 0 Å². The Morgan fingerprint density at radius 3 is 1.62 bits per heavy atom. The van der Waals surface area contributed by atoms with Gasteiger partial charge in [-0.25, -0.2) is 0 Å². The number of carbonyl (C=O) groups is 2. The van der Waals surface area contributed by atoms with Crippen molar-refractivity contribution in [2.75, 3.05) is 0 Å². The average molecular weight is 131 g/mol. The summed E-state index contributed by atoms with van der Waals surface area (Å²) < 4.78 is 0. The molecule has 0 fully saturated rings.